The molecule has 330 valence electrons. The number of hydroxylamine groups is 2. The molecular weight excluding hydrogens is 794 g/mol. The van der Waals surface area contributed by atoms with Crippen LogP contribution < -0.4 is 25.6 Å². The van der Waals surface area contributed by atoms with E-state index < -0.39 is 43.2 Å². The molecule has 0 radical (unpaired) electrons. The van der Waals surface area contributed by atoms with Crippen molar-refractivity contribution in [2.75, 3.05) is 44.5 Å². The minimum Gasteiger partial charge on any atom is -0.494 e. The Balaban J connectivity index is 1.44. The standard InChI is InChI=1S/C44H62FN4O10P/c1-6-11-14-17-36(38(9-4)49(31-50)59-44(53)32-18-19-39(37(45)28-32)48-22-15-16-23-48)42(51)46-30-47-43(52)41-21-20-40(58-41)33-26-34(55-10-5)29-35(27-33)60(54,56-24-12-7-2)57-25-13-8-3/h18-21,26-29,31,36,38H,6-17,22-25,30H2,1-5H3,(H,46,51)(H,47,52)/t36-,38-/m1/s1. The monoisotopic (exact) mass is 856 g/mol. The zero-order chi connectivity index (χ0) is 43.5. The Labute approximate surface area is 353 Å². The van der Waals surface area contributed by atoms with Gasteiger partial charge < -0.3 is 38.6 Å². The number of benzene rings is 2. The van der Waals surface area contributed by atoms with Gasteiger partial charge >= 0.3 is 13.6 Å². The fraction of sp³-hybridized carbons (Fsp3) is 0.545. The summed E-state index contributed by atoms with van der Waals surface area (Å²) in [5.74, 6) is -2.68. The van der Waals surface area contributed by atoms with Crippen molar-refractivity contribution >= 4 is 42.8 Å². The van der Waals surface area contributed by atoms with E-state index in [1.807, 2.05) is 32.6 Å². The molecule has 3 aromatic rings. The number of hydrogen-bond acceptors (Lipinski definition) is 11. The van der Waals surface area contributed by atoms with Crippen LogP contribution in [0.3, 0.4) is 0 Å². The number of anilines is 1. The van der Waals surface area contributed by atoms with Crippen LogP contribution >= 0.6 is 7.60 Å². The molecule has 1 aliphatic heterocycles. The molecule has 1 aromatic heterocycles. The number of hydrogen-bond donors (Lipinski definition) is 2. The average Bonchev–Trinajstić information content (AvgIpc) is 3.97. The van der Waals surface area contributed by atoms with E-state index in [0.29, 0.717) is 66.8 Å². The molecule has 2 aromatic carbocycles. The van der Waals surface area contributed by atoms with Gasteiger partial charge in [0.2, 0.25) is 12.3 Å². The molecule has 0 unspecified atom stereocenters. The Morgan fingerprint density at radius 3 is 2.22 bits per heavy atom. The third-order valence-corrected chi connectivity index (χ3v) is 12.2. The van der Waals surface area contributed by atoms with Crippen molar-refractivity contribution in [2.45, 2.75) is 111 Å². The number of nitrogens with one attached hydrogen (secondary N) is 2. The lowest BCUT2D eigenvalue weighted by atomic mass is 9.90. The quantitative estimate of drug-likeness (QED) is 0.0248. The number of carbonyl (C=O) groups is 4. The molecule has 0 spiro atoms. The van der Waals surface area contributed by atoms with Crippen molar-refractivity contribution in [3.63, 3.8) is 0 Å². The minimum absolute atomic E-state index is 0.0425. The lowest BCUT2D eigenvalue weighted by Gasteiger charge is -2.31. The SMILES string of the molecule is CCCCC[C@@H](C(=O)NCNC(=O)c1ccc(-c2cc(OCC)cc(P(=O)(OCCCC)OCCCC)c2)o1)[C@@H](CC)N(C=O)OC(=O)c1ccc(N2CCCC2)c(F)c1. The van der Waals surface area contributed by atoms with Crippen LogP contribution in [0.4, 0.5) is 10.1 Å². The smallest absolute Gasteiger partial charge is 0.363 e. The maximum atomic E-state index is 15.0. The first-order valence-electron chi connectivity index (χ1n) is 21.4. The van der Waals surface area contributed by atoms with Crippen molar-refractivity contribution in [1.82, 2.24) is 15.7 Å². The molecule has 16 heteroatoms. The molecule has 2 heterocycles. The molecule has 1 fully saturated rings. The van der Waals surface area contributed by atoms with Gasteiger partial charge in [-0.15, -0.1) is 0 Å². The molecule has 4 rings (SSSR count). The molecule has 14 nitrogen and oxygen atoms in total. The number of unbranched alkanes of at least 4 members (excludes halogenated alkanes) is 4. The van der Waals surface area contributed by atoms with Gasteiger partial charge in [-0.3, -0.25) is 18.9 Å². The van der Waals surface area contributed by atoms with Crippen molar-refractivity contribution < 1.29 is 51.2 Å². The Morgan fingerprint density at radius 1 is 0.900 bits per heavy atom. The van der Waals surface area contributed by atoms with Crippen LogP contribution in [-0.2, 0) is 28.0 Å². The van der Waals surface area contributed by atoms with Crippen LogP contribution in [0.15, 0.2) is 52.9 Å². The van der Waals surface area contributed by atoms with Crippen LogP contribution in [0.5, 0.6) is 5.75 Å². The summed E-state index contributed by atoms with van der Waals surface area (Å²) in [6, 6.07) is 11.3. The lowest BCUT2D eigenvalue weighted by molar-refractivity contribution is -0.171. The van der Waals surface area contributed by atoms with Gasteiger partial charge in [0.05, 0.1) is 55.0 Å². The highest BCUT2D eigenvalue weighted by atomic mass is 31.2. The minimum atomic E-state index is -3.73. The zero-order valence-electron chi connectivity index (χ0n) is 35.7. The maximum absolute atomic E-state index is 15.0. The summed E-state index contributed by atoms with van der Waals surface area (Å²) in [5, 5.41) is 6.51. The highest BCUT2D eigenvalue weighted by Gasteiger charge is 2.34. The third kappa shape index (κ3) is 13.4. The summed E-state index contributed by atoms with van der Waals surface area (Å²) in [7, 11) is -3.73. The molecule has 1 saturated heterocycles. The maximum Gasteiger partial charge on any atom is 0.363 e. The lowest BCUT2D eigenvalue weighted by Crippen LogP contribution is -2.49. The number of halogens is 1. The highest BCUT2D eigenvalue weighted by Crippen LogP contribution is 2.49. The largest absolute Gasteiger partial charge is 0.494 e. The predicted octanol–water partition coefficient (Wildman–Crippen LogP) is 8.55. The summed E-state index contributed by atoms with van der Waals surface area (Å²) < 4.78 is 52.6. The number of nitrogens with zero attached hydrogens (tertiary/aromatic N) is 2. The van der Waals surface area contributed by atoms with Crippen molar-refractivity contribution in [3.05, 3.63) is 65.7 Å². The van der Waals surface area contributed by atoms with Crippen molar-refractivity contribution in [1.29, 1.82) is 0 Å². The van der Waals surface area contributed by atoms with Gasteiger partial charge in [-0.25, -0.2) is 9.18 Å². The van der Waals surface area contributed by atoms with Gasteiger partial charge in [-0.05, 0) is 94.0 Å². The van der Waals surface area contributed by atoms with Crippen LogP contribution in [0.1, 0.15) is 126 Å². The first-order chi connectivity index (χ1) is 29.0. The Bertz CT molecular complexity index is 1890. The predicted molar refractivity (Wildman–Crippen MR) is 228 cm³/mol. The van der Waals surface area contributed by atoms with Crippen LogP contribution in [0, 0.1) is 11.7 Å². The Kier molecular flexibility index (Phi) is 19.6. The van der Waals surface area contributed by atoms with Gasteiger partial charge in [-0.1, -0.05) is 59.8 Å². The van der Waals surface area contributed by atoms with E-state index >= 15 is 4.39 Å². The first-order valence-corrected chi connectivity index (χ1v) is 22.9. The number of rotatable bonds is 27. The second-order valence-corrected chi connectivity index (χ2v) is 16.7. The molecule has 2 N–H and O–H groups in total. The summed E-state index contributed by atoms with van der Waals surface area (Å²) in [4.78, 5) is 59.9. The third-order valence-electron chi connectivity index (χ3n) is 10.3. The van der Waals surface area contributed by atoms with E-state index in [9.17, 15) is 23.7 Å². The molecule has 1 aliphatic rings. The number of carbonyl (C=O) groups excluding carboxylic acids is 4. The fourth-order valence-electron chi connectivity index (χ4n) is 6.94. The molecule has 60 heavy (non-hydrogen) atoms. The van der Waals surface area contributed by atoms with Crippen LogP contribution in [-0.4, -0.2) is 74.9 Å². The second-order valence-electron chi connectivity index (χ2n) is 14.7. The first kappa shape index (κ1) is 48.0. The number of amides is 3. The van der Waals surface area contributed by atoms with Gasteiger partial charge in [0.1, 0.15) is 17.3 Å². The van der Waals surface area contributed by atoms with Gasteiger partial charge in [0.25, 0.3) is 5.91 Å². The molecule has 0 bridgehead atoms. The van der Waals surface area contributed by atoms with E-state index in [1.165, 1.54) is 18.2 Å². The van der Waals surface area contributed by atoms with E-state index in [1.54, 1.807) is 31.2 Å². The second kappa shape index (κ2) is 24.5. The fourth-order valence-corrected chi connectivity index (χ4v) is 8.64. The molecular formula is C44H62FN4O10P. The Morgan fingerprint density at radius 2 is 1.60 bits per heavy atom. The number of ether oxygens (including phenoxy) is 1. The van der Waals surface area contributed by atoms with Crippen LogP contribution in [0.25, 0.3) is 11.3 Å². The summed E-state index contributed by atoms with van der Waals surface area (Å²) in [6.07, 6.45) is 8.40. The number of furan rings is 1. The molecule has 2 atom stereocenters. The van der Waals surface area contributed by atoms with E-state index in [-0.39, 0.29) is 37.6 Å². The summed E-state index contributed by atoms with van der Waals surface area (Å²) >= 11 is 0. The van der Waals surface area contributed by atoms with Gasteiger partial charge in [-0.2, -0.15) is 5.06 Å². The summed E-state index contributed by atoms with van der Waals surface area (Å²) in [5.41, 5.74) is 0.830. The molecule has 3 amide bonds. The van der Waals surface area contributed by atoms with Crippen molar-refractivity contribution in [2.24, 2.45) is 5.92 Å². The van der Waals surface area contributed by atoms with E-state index in [4.69, 9.17) is 23.0 Å². The average molecular weight is 857 g/mol. The molecule has 0 saturated carbocycles. The van der Waals surface area contributed by atoms with E-state index in [2.05, 4.69) is 10.6 Å². The van der Waals surface area contributed by atoms with Crippen molar-refractivity contribution in [3.8, 4) is 17.1 Å². The van der Waals surface area contributed by atoms with Gasteiger partial charge in [0.15, 0.2) is 5.76 Å². The van der Waals surface area contributed by atoms with Crippen LogP contribution in [0.2, 0.25) is 0 Å². The molecule has 0 aliphatic carbocycles. The normalized spacial score (nSPS) is 13.7. The van der Waals surface area contributed by atoms with E-state index in [0.717, 1.165) is 62.7 Å². The van der Waals surface area contributed by atoms with Gasteiger partial charge in [0, 0.05) is 18.7 Å². The zero-order valence-corrected chi connectivity index (χ0v) is 36.6. The Hall–Kier alpha value is -4.72. The topological polar surface area (TPSA) is 166 Å². The highest BCUT2D eigenvalue weighted by molar-refractivity contribution is 7.62. The summed E-state index contributed by atoms with van der Waals surface area (Å²) in [6.45, 7) is 11.7.